The molecule has 1 aliphatic heterocycles. The van der Waals surface area contributed by atoms with Gasteiger partial charge >= 0.3 is 0 Å². The number of carbonyl (C=O) groups is 1. The zero-order valence-corrected chi connectivity index (χ0v) is 17.4. The van der Waals surface area contributed by atoms with Crippen LogP contribution in [-0.4, -0.2) is 65.2 Å². The van der Waals surface area contributed by atoms with Crippen LogP contribution in [0.25, 0.3) is 0 Å². The van der Waals surface area contributed by atoms with Crippen molar-refractivity contribution in [3.05, 3.63) is 42.0 Å². The van der Waals surface area contributed by atoms with Crippen LogP contribution >= 0.6 is 0 Å². The summed E-state index contributed by atoms with van der Waals surface area (Å²) in [5.41, 5.74) is 3.00. The summed E-state index contributed by atoms with van der Waals surface area (Å²) in [7, 11) is 1.64. The lowest BCUT2D eigenvalue weighted by Crippen LogP contribution is -2.44. The highest BCUT2D eigenvalue weighted by Gasteiger charge is 2.23. The predicted molar refractivity (Wildman–Crippen MR) is 112 cm³/mol. The molecule has 2 aromatic rings. The van der Waals surface area contributed by atoms with E-state index in [2.05, 4.69) is 31.6 Å². The molecule has 3 rings (SSSR count). The molecule has 0 aromatic carbocycles. The van der Waals surface area contributed by atoms with Crippen molar-refractivity contribution in [1.29, 1.82) is 0 Å². The molecule has 1 atom stereocenters. The number of piperidine rings is 1. The Hall–Kier alpha value is -2.58. The fraction of sp³-hybridized carbons (Fsp3) is 0.524. The maximum atomic E-state index is 12.2. The van der Waals surface area contributed by atoms with E-state index in [-0.39, 0.29) is 11.9 Å². The second-order valence-corrected chi connectivity index (χ2v) is 7.59. The van der Waals surface area contributed by atoms with Gasteiger partial charge in [-0.05, 0) is 58.0 Å². The first-order valence-corrected chi connectivity index (χ1v) is 10.1. The highest BCUT2D eigenvalue weighted by molar-refractivity contribution is 5.78. The summed E-state index contributed by atoms with van der Waals surface area (Å²) in [6.45, 7) is 6.68. The number of likely N-dealkylation sites (tertiary alicyclic amines) is 1. The summed E-state index contributed by atoms with van der Waals surface area (Å²) >= 11 is 0. The van der Waals surface area contributed by atoms with Gasteiger partial charge in [0.2, 0.25) is 11.9 Å². The van der Waals surface area contributed by atoms with E-state index in [0.29, 0.717) is 25.0 Å². The van der Waals surface area contributed by atoms with E-state index in [1.807, 2.05) is 19.9 Å². The van der Waals surface area contributed by atoms with Gasteiger partial charge in [-0.1, -0.05) is 0 Å². The topological polar surface area (TPSA) is 92.3 Å². The Balaban J connectivity index is 1.54. The third kappa shape index (κ3) is 6.47. The summed E-state index contributed by atoms with van der Waals surface area (Å²) in [6.07, 6.45) is 5.40. The first kappa shape index (κ1) is 21.1. The van der Waals surface area contributed by atoms with Crippen LogP contribution in [0.1, 0.15) is 37.1 Å². The maximum absolute atomic E-state index is 12.2. The Bertz CT molecular complexity index is 793. The largest absolute Gasteiger partial charge is 0.383 e. The van der Waals surface area contributed by atoms with E-state index < -0.39 is 0 Å². The quantitative estimate of drug-likeness (QED) is 0.704. The van der Waals surface area contributed by atoms with Gasteiger partial charge in [-0.15, -0.1) is 0 Å². The number of methoxy groups -OCH3 is 1. The molecule has 0 radical (unpaired) electrons. The number of amides is 1. The molecule has 1 saturated heterocycles. The van der Waals surface area contributed by atoms with Crippen molar-refractivity contribution in [3.63, 3.8) is 0 Å². The zero-order valence-electron chi connectivity index (χ0n) is 17.4. The van der Waals surface area contributed by atoms with E-state index in [4.69, 9.17) is 9.72 Å². The van der Waals surface area contributed by atoms with Crippen molar-refractivity contribution in [1.82, 2.24) is 25.2 Å². The van der Waals surface area contributed by atoms with Gasteiger partial charge in [-0.25, -0.2) is 9.97 Å². The Labute approximate surface area is 172 Å². The molecule has 156 valence electrons. The van der Waals surface area contributed by atoms with Gasteiger partial charge in [0.15, 0.2) is 0 Å². The third-order valence-corrected chi connectivity index (χ3v) is 4.99. The maximum Gasteiger partial charge on any atom is 0.234 e. The van der Waals surface area contributed by atoms with Crippen molar-refractivity contribution < 1.29 is 9.53 Å². The molecule has 0 aliphatic carbocycles. The first-order chi connectivity index (χ1) is 14.0. The summed E-state index contributed by atoms with van der Waals surface area (Å²) in [5.74, 6) is 1.02. The summed E-state index contributed by atoms with van der Waals surface area (Å²) in [6, 6.07) is 5.91. The molecule has 0 spiro atoms. The number of aryl methyl sites for hydroxylation is 1. The molecule has 1 fully saturated rings. The van der Waals surface area contributed by atoms with Crippen molar-refractivity contribution in [2.75, 3.05) is 38.7 Å². The van der Waals surface area contributed by atoms with E-state index in [1.165, 1.54) is 0 Å². The first-order valence-electron chi connectivity index (χ1n) is 10.1. The van der Waals surface area contributed by atoms with Crippen molar-refractivity contribution in [2.45, 2.75) is 38.6 Å². The molecular weight excluding hydrogens is 368 g/mol. The zero-order chi connectivity index (χ0) is 20.6. The van der Waals surface area contributed by atoms with E-state index in [9.17, 15) is 4.79 Å². The highest BCUT2D eigenvalue weighted by Crippen LogP contribution is 2.29. The van der Waals surface area contributed by atoms with Gasteiger partial charge < -0.3 is 15.4 Å². The number of nitrogens with one attached hydrogen (secondary N) is 2. The number of rotatable bonds is 8. The Morgan fingerprint density at radius 3 is 2.69 bits per heavy atom. The molecule has 8 heteroatoms. The lowest BCUT2D eigenvalue weighted by atomic mass is 9.92. The molecule has 2 N–H and O–H groups in total. The number of nitrogens with zero attached hydrogens (tertiary/aromatic N) is 4. The van der Waals surface area contributed by atoms with Crippen LogP contribution in [0.3, 0.4) is 0 Å². The van der Waals surface area contributed by atoms with Crippen LogP contribution in [0.5, 0.6) is 0 Å². The van der Waals surface area contributed by atoms with Gasteiger partial charge in [0.1, 0.15) is 0 Å². The van der Waals surface area contributed by atoms with Gasteiger partial charge in [-0.3, -0.25) is 14.7 Å². The number of carbonyl (C=O) groups excluding carboxylic acids is 1. The lowest BCUT2D eigenvalue weighted by Gasteiger charge is -2.31. The van der Waals surface area contributed by atoms with Crippen molar-refractivity contribution >= 4 is 17.5 Å². The molecule has 1 aliphatic rings. The Morgan fingerprint density at radius 1 is 1.28 bits per heavy atom. The van der Waals surface area contributed by atoms with Crippen LogP contribution in [-0.2, 0) is 9.53 Å². The van der Waals surface area contributed by atoms with E-state index in [1.54, 1.807) is 25.6 Å². The van der Waals surface area contributed by atoms with Crippen LogP contribution in [0, 0.1) is 6.92 Å². The molecule has 2 aromatic heterocycles. The Kier molecular flexibility index (Phi) is 7.48. The second kappa shape index (κ2) is 10.3. The summed E-state index contributed by atoms with van der Waals surface area (Å²) in [5, 5.41) is 6.22. The fourth-order valence-corrected chi connectivity index (χ4v) is 3.67. The van der Waals surface area contributed by atoms with E-state index >= 15 is 0 Å². The third-order valence-electron chi connectivity index (χ3n) is 4.99. The number of anilines is 2. The highest BCUT2D eigenvalue weighted by atomic mass is 16.5. The van der Waals surface area contributed by atoms with Crippen LogP contribution in [0.2, 0.25) is 0 Å². The molecule has 29 heavy (non-hydrogen) atoms. The van der Waals surface area contributed by atoms with Crippen molar-refractivity contribution in [3.8, 4) is 0 Å². The van der Waals surface area contributed by atoms with Crippen LogP contribution in [0.15, 0.2) is 30.6 Å². The number of hydrogen-bond acceptors (Lipinski definition) is 7. The monoisotopic (exact) mass is 398 g/mol. The van der Waals surface area contributed by atoms with Crippen LogP contribution < -0.4 is 10.6 Å². The second-order valence-electron chi connectivity index (χ2n) is 7.59. The fourth-order valence-electron chi connectivity index (χ4n) is 3.67. The molecular formula is C21H30N6O2. The average molecular weight is 399 g/mol. The number of pyridine rings is 1. The molecule has 1 amide bonds. The molecule has 8 nitrogen and oxygen atoms in total. The van der Waals surface area contributed by atoms with Crippen LogP contribution in [0.4, 0.5) is 11.6 Å². The number of aromatic nitrogens is 3. The van der Waals surface area contributed by atoms with Gasteiger partial charge in [0.05, 0.1) is 13.2 Å². The Morgan fingerprint density at radius 2 is 2.00 bits per heavy atom. The molecule has 3 heterocycles. The standard InChI is InChI=1S/C21H30N6O2/c1-15-11-18(26-21-22-7-4-8-23-21)12-19(24-15)17-5-9-27(10-6-17)13-20(28)25-16(2)14-29-3/h4,7-8,11-12,16-17H,5-6,9-10,13-14H2,1-3H3,(H,25,28)(H,22,23,24,26)/t16-/m1/s1. The molecule has 0 saturated carbocycles. The predicted octanol–water partition coefficient (Wildman–Crippen LogP) is 2.25. The smallest absolute Gasteiger partial charge is 0.234 e. The minimum absolute atomic E-state index is 0.0287. The number of ether oxygens (including phenoxy) is 1. The summed E-state index contributed by atoms with van der Waals surface area (Å²) in [4.78, 5) is 27.6. The lowest BCUT2D eigenvalue weighted by molar-refractivity contribution is -0.123. The minimum Gasteiger partial charge on any atom is -0.383 e. The minimum atomic E-state index is 0.0287. The van der Waals surface area contributed by atoms with Gasteiger partial charge in [0.25, 0.3) is 0 Å². The molecule has 0 bridgehead atoms. The molecule has 0 unspecified atom stereocenters. The van der Waals surface area contributed by atoms with E-state index in [0.717, 1.165) is 43.0 Å². The summed E-state index contributed by atoms with van der Waals surface area (Å²) < 4.78 is 5.07. The average Bonchev–Trinajstić information content (AvgIpc) is 2.69. The normalized spacial score (nSPS) is 16.4. The number of hydrogen-bond donors (Lipinski definition) is 2. The van der Waals surface area contributed by atoms with Crippen molar-refractivity contribution in [2.24, 2.45) is 0 Å². The van der Waals surface area contributed by atoms with Gasteiger partial charge in [0, 0.05) is 48.5 Å². The van der Waals surface area contributed by atoms with Gasteiger partial charge in [-0.2, -0.15) is 0 Å². The SMILES string of the molecule is COC[C@@H](C)NC(=O)CN1CCC(c2cc(Nc3ncccn3)cc(C)n2)CC1.